The maximum atomic E-state index is 13.7. The zero-order valence-electron chi connectivity index (χ0n) is 20.7. The second kappa shape index (κ2) is 12.1. The van der Waals surface area contributed by atoms with Gasteiger partial charge in [-0.2, -0.15) is 0 Å². The van der Waals surface area contributed by atoms with Gasteiger partial charge in [0.15, 0.2) is 0 Å². The minimum atomic E-state index is -1.06. The van der Waals surface area contributed by atoms with E-state index in [1.807, 2.05) is 20.8 Å². The molecule has 1 aromatic carbocycles. The van der Waals surface area contributed by atoms with Crippen LogP contribution in [0.25, 0.3) is 0 Å². The van der Waals surface area contributed by atoms with Crippen LogP contribution in [0.4, 0.5) is 10.2 Å². The second-order valence-corrected chi connectivity index (χ2v) is 9.04. The second-order valence-electron chi connectivity index (χ2n) is 9.04. The largest absolute Gasteiger partial charge is 0.467 e. The summed E-state index contributed by atoms with van der Waals surface area (Å²) in [6.45, 7) is 5.70. The molecule has 0 radical (unpaired) electrons. The third-order valence-electron chi connectivity index (χ3n) is 5.82. The molecule has 3 aromatic rings. The van der Waals surface area contributed by atoms with E-state index in [1.54, 1.807) is 36.5 Å². The van der Waals surface area contributed by atoms with Gasteiger partial charge in [-0.3, -0.25) is 14.4 Å². The van der Waals surface area contributed by atoms with Crippen LogP contribution in [0.3, 0.4) is 0 Å². The summed E-state index contributed by atoms with van der Waals surface area (Å²) in [5.41, 5.74) is -0.0872. The lowest BCUT2D eigenvalue weighted by molar-refractivity contribution is -0.143. The first-order valence-corrected chi connectivity index (χ1v) is 11.8. The highest BCUT2D eigenvalue weighted by atomic mass is 19.1. The highest BCUT2D eigenvalue weighted by Gasteiger charge is 2.34. The molecule has 0 saturated carbocycles. The first kappa shape index (κ1) is 26.6. The molecule has 3 amide bonds. The molecule has 190 valence electrons. The summed E-state index contributed by atoms with van der Waals surface area (Å²) in [7, 11) is 0. The van der Waals surface area contributed by atoms with Crippen molar-refractivity contribution < 1.29 is 23.2 Å². The molecule has 2 N–H and O–H groups in total. The van der Waals surface area contributed by atoms with E-state index in [2.05, 4.69) is 15.6 Å². The Morgan fingerprint density at radius 1 is 1.06 bits per heavy atom. The SMILES string of the molecule is CCC(C)(C)NC(=O)[C@H](c1ccc(F)cc1)N(Cc1ccco1)C(=O)CCC(=O)Nc1ccccn1. The highest BCUT2D eigenvalue weighted by Crippen LogP contribution is 2.27. The highest BCUT2D eigenvalue weighted by molar-refractivity contribution is 5.94. The van der Waals surface area contributed by atoms with Gasteiger partial charge in [0, 0.05) is 24.6 Å². The van der Waals surface area contributed by atoms with Gasteiger partial charge in [0.05, 0.1) is 12.8 Å². The van der Waals surface area contributed by atoms with Crippen LogP contribution in [0.5, 0.6) is 0 Å². The Labute approximate surface area is 209 Å². The lowest BCUT2D eigenvalue weighted by Crippen LogP contribution is -2.50. The van der Waals surface area contributed by atoms with E-state index in [9.17, 15) is 18.8 Å². The summed E-state index contributed by atoms with van der Waals surface area (Å²) >= 11 is 0. The number of nitrogens with one attached hydrogen (secondary N) is 2. The van der Waals surface area contributed by atoms with Crippen molar-refractivity contribution >= 4 is 23.5 Å². The molecule has 0 aliphatic heterocycles. The fourth-order valence-electron chi connectivity index (χ4n) is 3.51. The number of rotatable bonds is 11. The molecule has 36 heavy (non-hydrogen) atoms. The normalized spacial score (nSPS) is 12.0. The third-order valence-corrected chi connectivity index (χ3v) is 5.82. The summed E-state index contributed by atoms with van der Waals surface area (Å²) < 4.78 is 19.1. The lowest BCUT2D eigenvalue weighted by atomic mass is 9.98. The van der Waals surface area contributed by atoms with Crippen molar-refractivity contribution in [3.63, 3.8) is 0 Å². The van der Waals surface area contributed by atoms with Crippen LogP contribution in [-0.2, 0) is 20.9 Å². The van der Waals surface area contributed by atoms with E-state index in [-0.39, 0.29) is 25.3 Å². The van der Waals surface area contributed by atoms with Crippen LogP contribution in [-0.4, -0.2) is 33.1 Å². The number of carbonyl (C=O) groups is 3. The molecule has 0 bridgehead atoms. The maximum absolute atomic E-state index is 13.7. The average Bonchev–Trinajstić information content (AvgIpc) is 3.37. The summed E-state index contributed by atoms with van der Waals surface area (Å²) in [4.78, 5) is 44.9. The van der Waals surface area contributed by atoms with Crippen LogP contribution in [0, 0.1) is 5.82 Å². The van der Waals surface area contributed by atoms with Crippen molar-refractivity contribution in [1.29, 1.82) is 0 Å². The van der Waals surface area contributed by atoms with Gasteiger partial charge in [-0.05, 0) is 62.2 Å². The average molecular weight is 495 g/mol. The monoisotopic (exact) mass is 494 g/mol. The summed E-state index contributed by atoms with van der Waals surface area (Å²) in [5.74, 6) is -0.826. The Hall–Kier alpha value is -4.01. The Bertz CT molecular complexity index is 1150. The molecular formula is C27H31FN4O4. The number of benzene rings is 1. The molecule has 0 spiro atoms. The lowest BCUT2D eigenvalue weighted by Gasteiger charge is -2.34. The van der Waals surface area contributed by atoms with Gasteiger partial charge in [0.2, 0.25) is 17.7 Å². The van der Waals surface area contributed by atoms with Gasteiger partial charge >= 0.3 is 0 Å². The van der Waals surface area contributed by atoms with Gasteiger partial charge in [-0.1, -0.05) is 25.1 Å². The third kappa shape index (κ3) is 7.49. The number of pyridine rings is 1. The molecule has 9 heteroatoms. The summed E-state index contributed by atoms with van der Waals surface area (Å²) in [6.07, 6.45) is 3.43. The molecule has 1 atom stereocenters. The topological polar surface area (TPSA) is 105 Å². The quantitative estimate of drug-likeness (QED) is 0.405. The fraction of sp³-hybridized carbons (Fsp3) is 0.333. The first-order chi connectivity index (χ1) is 17.2. The van der Waals surface area contributed by atoms with Crippen molar-refractivity contribution in [2.24, 2.45) is 0 Å². The molecule has 2 heterocycles. The van der Waals surface area contributed by atoms with Crippen molar-refractivity contribution in [2.45, 2.75) is 58.2 Å². The molecule has 0 unspecified atom stereocenters. The first-order valence-electron chi connectivity index (χ1n) is 11.8. The van der Waals surface area contributed by atoms with Crippen LogP contribution < -0.4 is 10.6 Å². The number of halogens is 1. The van der Waals surface area contributed by atoms with Crippen molar-refractivity contribution in [1.82, 2.24) is 15.2 Å². The minimum absolute atomic E-state index is 0.00426. The number of furan rings is 1. The van der Waals surface area contributed by atoms with Crippen molar-refractivity contribution in [2.75, 3.05) is 5.32 Å². The molecule has 0 fully saturated rings. The number of amides is 3. The predicted molar refractivity (Wildman–Crippen MR) is 133 cm³/mol. The number of anilines is 1. The number of hydrogen-bond acceptors (Lipinski definition) is 5. The van der Waals surface area contributed by atoms with Crippen molar-refractivity contribution in [3.8, 4) is 0 Å². The molecule has 8 nitrogen and oxygen atoms in total. The molecule has 2 aromatic heterocycles. The summed E-state index contributed by atoms with van der Waals surface area (Å²) in [5, 5.41) is 5.64. The number of carbonyl (C=O) groups excluding carboxylic acids is 3. The fourth-order valence-corrected chi connectivity index (χ4v) is 3.51. The van der Waals surface area contributed by atoms with Gasteiger partial charge in [-0.15, -0.1) is 0 Å². The Morgan fingerprint density at radius 2 is 1.81 bits per heavy atom. The molecule has 0 aliphatic carbocycles. The molecule has 0 aliphatic rings. The van der Waals surface area contributed by atoms with E-state index in [0.29, 0.717) is 23.6 Å². The smallest absolute Gasteiger partial charge is 0.247 e. The maximum Gasteiger partial charge on any atom is 0.247 e. The zero-order chi connectivity index (χ0) is 26.1. The van der Waals surface area contributed by atoms with Crippen LogP contribution in [0.15, 0.2) is 71.5 Å². The van der Waals surface area contributed by atoms with E-state index in [1.165, 1.54) is 35.4 Å². The Morgan fingerprint density at radius 3 is 2.42 bits per heavy atom. The van der Waals surface area contributed by atoms with Gasteiger partial charge in [-0.25, -0.2) is 9.37 Å². The van der Waals surface area contributed by atoms with Gasteiger partial charge in [0.25, 0.3) is 0 Å². The number of hydrogen-bond donors (Lipinski definition) is 2. The zero-order valence-corrected chi connectivity index (χ0v) is 20.7. The van der Waals surface area contributed by atoms with E-state index < -0.39 is 29.2 Å². The molecular weight excluding hydrogens is 463 g/mol. The van der Waals surface area contributed by atoms with Crippen LogP contribution in [0.2, 0.25) is 0 Å². The van der Waals surface area contributed by atoms with E-state index in [4.69, 9.17) is 4.42 Å². The number of aromatic nitrogens is 1. The Balaban J connectivity index is 1.87. The van der Waals surface area contributed by atoms with E-state index >= 15 is 0 Å². The van der Waals surface area contributed by atoms with Crippen LogP contribution >= 0.6 is 0 Å². The number of nitrogens with zero attached hydrogens (tertiary/aromatic N) is 2. The van der Waals surface area contributed by atoms with Gasteiger partial charge < -0.3 is 20.0 Å². The standard InChI is InChI=1S/C27H31FN4O4/c1-4-27(2,3)31-26(35)25(19-10-12-20(28)13-11-19)32(18-21-8-7-17-36-21)24(34)15-14-23(33)30-22-9-5-6-16-29-22/h5-13,16-17,25H,4,14-15,18H2,1-3H3,(H,31,35)(H,29,30,33)/t25-/m0/s1. The van der Waals surface area contributed by atoms with Crippen LogP contribution in [0.1, 0.15) is 57.4 Å². The summed E-state index contributed by atoms with van der Waals surface area (Å²) in [6, 6.07) is 12.9. The minimum Gasteiger partial charge on any atom is -0.467 e. The molecule has 0 saturated heterocycles. The Kier molecular flexibility index (Phi) is 8.94. The predicted octanol–water partition coefficient (Wildman–Crippen LogP) is 4.61. The van der Waals surface area contributed by atoms with Gasteiger partial charge in [0.1, 0.15) is 23.4 Å². The van der Waals surface area contributed by atoms with E-state index in [0.717, 1.165) is 0 Å². The molecule has 3 rings (SSSR count). The van der Waals surface area contributed by atoms with Crippen molar-refractivity contribution in [3.05, 3.63) is 84.2 Å².